The minimum absolute atomic E-state index is 0.0377. The van der Waals surface area contributed by atoms with Crippen LogP contribution in [-0.4, -0.2) is 9.13 Å². The topological polar surface area (TPSA) is 86.2 Å². The third-order valence-electron chi connectivity index (χ3n) is 2.72. The van der Waals surface area contributed by atoms with Gasteiger partial charge in [0, 0.05) is 6.07 Å². The summed E-state index contributed by atoms with van der Waals surface area (Å²) in [6, 6.07) is 6.75. The normalized spacial score (nSPS) is 12.1. The van der Waals surface area contributed by atoms with Crippen molar-refractivity contribution in [1.82, 2.24) is 0 Å². The maximum atomic E-state index is 13.5. The number of anilines is 1. The van der Waals surface area contributed by atoms with Crippen molar-refractivity contribution in [2.45, 2.75) is 10.6 Å². The van der Waals surface area contributed by atoms with Crippen molar-refractivity contribution >= 4 is 22.2 Å². The number of nitrogen functional groups attached to an aromatic ring is 1. The van der Waals surface area contributed by atoms with E-state index in [-0.39, 0.29) is 16.3 Å². The molecule has 2 aromatic carbocycles. The third-order valence-corrected chi connectivity index (χ3v) is 4.18. The fourth-order valence-electron chi connectivity index (χ4n) is 1.74. The maximum Gasteiger partial charge on any atom is 0.304 e. The highest BCUT2D eigenvalue weighted by Gasteiger charge is 2.16. The number of halogens is 2. The van der Waals surface area contributed by atoms with E-state index in [2.05, 4.69) is 0 Å². The van der Waals surface area contributed by atoms with Crippen LogP contribution < -0.4 is 5.73 Å². The minimum atomic E-state index is -1.61. The number of rotatable bonds is 4. The van der Waals surface area contributed by atoms with E-state index in [0.29, 0.717) is 5.56 Å². The molecule has 0 spiro atoms. The van der Waals surface area contributed by atoms with Gasteiger partial charge in [-0.15, -0.1) is 0 Å². The van der Waals surface area contributed by atoms with Gasteiger partial charge in [0.15, 0.2) is 0 Å². The number of hydrogen-bond donors (Lipinski definition) is 1. The van der Waals surface area contributed by atoms with Gasteiger partial charge in [0.05, 0.1) is 32.1 Å². The van der Waals surface area contributed by atoms with E-state index in [1.807, 2.05) is 0 Å². The summed E-state index contributed by atoms with van der Waals surface area (Å²) in [5.74, 6) is -1.62. The molecule has 0 aliphatic carbocycles. The van der Waals surface area contributed by atoms with Crippen molar-refractivity contribution in [1.29, 1.82) is 0 Å². The van der Waals surface area contributed by atoms with E-state index < -0.39 is 33.0 Å². The summed E-state index contributed by atoms with van der Waals surface area (Å²) >= 11 is 0. The molecule has 0 bridgehead atoms. The quantitative estimate of drug-likeness (QED) is 0.534. The van der Waals surface area contributed by atoms with E-state index in [4.69, 9.17) is 5.73 Å². The number of nitrogens with two attached hydrogens (primary N) is 1. The van der Waals surface area contributed by atoms with E-state index in [0.717, 1.165) is 24.3 Å². The predicted molar refractivity (Wildman–Crippen MR) is 74.0 cm³/mol. The molecule has 110 valence electrons. The van der Waals surface area contributed by atoms with E-state index in [1.54, 1.807) is 0 Å². The molecule has 0 aliphatic rings. The Kier molecular flexibility index (Phi) is 4.27. The molecular formula is C13H10F2N2O3S. The first-order chi connectivity index (χ1) is 9.88. The van der Waals surface area contributed by atoms with Gasteiger partial charge >= 0.3 is 5.69 Å². The van der Waals surface area contributed by atoms with Gasteiger partial charge in [0.2, 0.25) is 5.82 Å². The van der Waals surface area contributed by atoms with Crippen molar-refractivity contribution in [3.8, 4) is 0 Å². The van der Waals surface area contributed by atoms with Gasteiger partial charge < -0.3 is 5.73 Å². The van der Waals surface area contributed by atoms with Gasteiger partial charge in [-0.3, -0.25) is 14.3 Å². The molecule has 0 aliphatic heterocycles. The standard InChI is InChI=1S/C13H10F2N2O3S/c14-9-2-4-13(11(16)6-9)21(20)7-8-1-3-12(17(18)19)10(15)5-8/h1-6H,7,16H2. The summed E-state index contributed by atoms with van der Waals surface area (Å²) in [6.07, 6.45) is 0. The monoisotopic (exact) mass is 312 g/mol. The lowest BCUT2D eigenvalue weighted by molar-refractivity contribution is -0.387. The summed E-state index contributed by atoms with van der Waals surface area (Å²) < 4.78 is 38.5. The highest BCUT2D eigenvalue weighted by molar-refractivity contribution is 7.84. The number of nitrogens with zero attached hydrogens (tertiary/aromatic N) is 1. The Bertz CT molecular complexity index is 737. The Hall–Kier alpha value is -2.35. The molecule has 2 rings (SSSR count). The second-order valence-corrected chi connectivity index (χ2v) is 5.63. The lowest BCUT2D eigenvalue weighted by Crippen LogP contribution is -2.02. The van der Waals surface area contributed by atoms with Crippen LogP contribution in [0.2, 0.25) is 0 Å². The van der Waals surface area contributed by atoms with Crippen LogP contribution >= 0.6 is 0 Å². The lowest BCUT2D eigenvalue weighted by Gasteiger charge is -2.06. The average Bonchev–Trinajstić information content (AvgIpc) is 2.37. The first-order valence-electron chi connectivity index (χ1n) is 5.74. The van der Waals surface area contributed by atoms with Gasteiger partial charge in [-0.2, -0.15) is 4.39 Å². The maximum absolute atomic E-state index is 13.5. The molecule has 5 nitrogen and oxygen atoms in total. The third kappa shape index (κ3) is 3.40. The average molecular weight is 312 g/mol. The Balaban J connectivity index is 2.23. The molecule has 8 heteroatoms. The van der Waals surface area contributed by atoms with Crippen LogP contribution in [0.4, 0.5) is 20.2 Å². The first-order valence-corrected chi connectivity index (χ1v) is 7.06. The summed E-state index contributed by atoms with van der Waals surface area (Å²) in [4.78, 5) is 9.90. The Labute approximate surface area is 121 Å². The number of nitro groups is 1. The summed E-state index contributed by atoms with van der Waals surface area (Å²) in [5.41, 5.74) is 5.28. The first kappa shape index (κ1) is 15.0. The Morgan fingerprint density at radius 3 is 2.48 bits per heavy atom. The number of benzene rings is 2. The zero-order valence-electron chi connectivity index (χ0n) is 10.6. The van der Waals surface area contributed by atoms with E-state index in [1.165, 1.54) is 12.1 Å². The van der Waals surface area contributed by atoms with Crippen molar-refractivity contribution in [3.63, 3.8) is 0 Å². The SMILES string of the molecule is Nc1cc(F)ccc1S(=O)Cc1ccc([N+](=O)[O-])c(F)c1. The predicted octanol–water partition coefficient (Wildman–Crippen LogP) is 2.76. The van der Waals surface area contributed by atoms with E-state index >= 15 is 0 Å². The molecule has 0 saturated heterocycles. The van der Waals surface area contributed by atoms with Crippen LogP contribution in [0.5, 0.6) is 0 Å². The Morgan fingerprint density at radius 2 is 1.90 bits per heavy atom. The fraction of sp³-hybridized carbons (Fsp3) is 0.0769. The summed E-state index contributed by atoms with van der Waals surface area (Å²) in [6.45, 7) is 0. The zero-order valence-corrected chi connectivity index (χ0v) is 11.4. The van der Waals surface area contributed by atoms with Crippen LogP contribution in [-0.2, 0) is 16.6 Å². The van der Waals surface area contributed by atoms with Crippen molar-refractivity contribution in [2.24, 2.45) is 0 Å². The molecule has 0 amide bonds. The lowest BCUT2D eigenvalue weighted by atomic mass is 10.2. The largest absolute Gasteiger partial charge is 0.398 e. The van der Waals surface area contributed by atoms with Crippen molar-refractivity contribution in [3.05, 3.63) is 63.7 Å². The van der Waals surface area contributed by atoms with Crippen molar-refractivity contribution in [2.75, 3.05) is 5.73 Å². The smallest absolute Gasteiger partial charge is 0.304 e. The summed E-state index contributed by atoms with van der Waals surface area (Å²) in [5, 5.41) is 10.5. The molecule has 0 aromatic heterocycles. The van der Waals surface area contributed by atoms with Gasteiger partial charge in [-0.25, -0.2) is 4.39 Å². The summed E-state index contributed by atoms with van der Waals surface area (Å²) in [7, 11) is -1.61. The zero-order chi connectivity index (χ0) is 15.6. The molecule has 2 aromatic rings. The molecule has 21 heavy (non-hydrogen) atoms. The van der Waals surface area contributed by atoms with Crippen LogP contribution in [0.1, 0.15) is 5.56 Å². The van der Waals surface area contributed by atoms with Crippen LogP contribution in [0, 0.1) is 21.7 Å². The Morgan fingerprint density at radius 1 is 1.19 bits per heavy atom. The van der Waals surface area contributed by atoms with Crippen LogP contribution in [0.25, 0.3) is 0 Å². The fourth-order valence-corrected chi connectivity index (χ4v) is 2.92. The highest BCUT2D eigenvalue weighted by atomic mass is 32.2. The molecule has 0 heterocycles. The molecule has 1 unspecified atom stereocenters. The number of nitro benzene ring substituents is 1. The van der Waals surface area contributed by atoms with Gasteiger partial charge in [0.25, 0.3) is 0 Å². The molecule has 1 atom stereocenters. The minimum Gasteiger partial charge on any atom is -0.398 e. The second kappa shape index (κ2) is 5.96. The van der Waals surface area contributed by atoms with Gasteiger partial charge in [-0.1, -0.05) is 6.07 Å². The molecule has 0 fully saturated rings. The van der Waals surface area contributed by atoms with Crippen LogP contribution in [0.3, 0.4) is 0 Å². The second-order valence-electron chi connectivity index (χ2n) is 4.21. The molecule has 2 N–H and O–H groups in total. The van der Waals surface area contributed by atoms with E-state index in [9.17, 15) is 23.1 Å². The van der Waals surface area contributed by atoms with Crippen LogP contribution in [0.15, 0.2) is 41.3 Å². The number of hydrogen-bond acceptors (Lipinski definition) is 4. The van der Waals surface area contributed by atoms with Gasteiger partial charge in [-0.05, 0) is 29.8 Å². The van der Waals surface area contributed by atoms with Gasteiger partial charge in [0.1, 0.15) is 5.82 Å². The van der Waals surface area contributed by atoms with Crippen molar-refractivity contribution < 1.29 is 17.9 Å². The highest BCUT2D eigenvalue weighted by Crippen LogP contribution is 2.23. The molecule has 0 radical (unpaired) electrons. The molecule has 0 saturated carbocycles. The molecular weight excluding hydrogens is 302 g/mol.